The molecule has 2 N–H and O–H groups in total. The van der Waals surface area contributed by atoms with Crippen LogP contribution in [-0.2, 0) is 11.3 Å². The van der Waals surface area contributed by atoms with E-state index in [0.717, 1.165) is 7.05 Å². The lowest BCUT2D eigenvalue weighted by molar-refractivity contribution is -0.268. The van der Waals surface area contributed by atoms with E-state index in [2.05, 4.69) is 0 Å². The van der Waals surface area contributed by atoms with Crippen LogP contribution in [0.2, 0.25) is 0 Å². The molecule has 1 aromatic rings. The Kier molecular flexibility index (Phi) is 4.14. The Hall–Kier alpha value is -1.70. The largest absolute Gasteiger partial charge is 0.463 e. The molecule has 0 bridgehead atoms. The van der Waals surface area contributed by atoms with Gasteiger partial charge in [0.25, 0.3) is 0 Å². The van der Waals surface area contributed by atoms with Gasteiger partial charge in [0, 0.05) is 19.3 Å². The molecule has 8 heteroatoms. The van der Waals surface area contributed by atoms with Crippen molar-refractivity contribution < 1.29 is 26.7 Å². The molecule has 19 heavy (non-hydrogen) atoms. The van der Waals surface area contributed by atoms with Gasteiger partial charge in [-0.15, -0.1) is 0 Å². The van der Waals surface area contributed by atoms with Crippen LogP contribution in [0.3, 0.4) is 0 Å². The minimum absolute atomic E-state index is 0.0777. The van der Waals surface area contributed by atoms with E-state index in [9.17, 15) is 26.7 Å². The van der Waals surface area contributed by atoms with E-state index in [-0.39, 0.29) is 17.1 Å². The van der Waals surface area contributed by atoms with Gasteiger partial charge < -0.3 is 10.6 Å². The number of halogens is 5. The van der Waals surface area contributed by atoms with Crippen molar-refractivity contribution in [1.29, 1.82) is 0 Å². The second-order valence-electron chi connectivity index (χ2n) is 3.81. The highest BCUT2D eigenvalue weighted by Gasteiger charge is 2.64. The van der Waals surface area contributed by atoms with Crippen LogP contribution in [0.25, 0.3) is 0 Å². The lowest BCUT2D eigenvalue weighted by atomic mass is 10.2. The van der Waals surface area contributed by atoms with Crippen molar-refractivity contribution in [2.45, 2.75) is 18.6 Å². The molecule has 0 aromatic heterocycles. The summed E-state index contributed by atoms with van der Waals surface area (Å²) in [4.78, 5) is 11.5. The molecule has 0 saturated heterocycles. The van der Waals surface area contributed by atoms with Crippen molar-refractivity contribution in [3.8, 4) is 0 Å². The maximum atomic E-state index is 12.9. The monoisotopic (exact) mass is 282 g/mol. The fourth-order valence-corrected chi connectivity index (χ4v) is 1.30. The Morgan fingerprint density at radius 1 is 1.16 bits per heavy atom. The van der Waals surface area contributed by atoms with E-state index in [1.807, 2.05) is 0 Å². The van der Waals surface area contributed by atoms with Crippen LogP contribution < -0.4 is 10.6 Å². The van der Waals surface area contributed by atoms with Gasteiger partial charge in [-0.3, -0.25) is 4.79 Å². The molecule has 0 aliphatic carbocycles. The van der Waals surface area contributed by atoms with E-state index >= 15 is 0 Å². The normalized spacial score (nSPS) is 12.4. The van der Waals surface area contributed by atoms with Gasteiger partial charge in [0.2, 0.25) is 0 Å². The van der Waals surface area contributed by atoms with Gasteiger partial charge in [-0.05, 0) is 17.7 Å². The molecule has 0 atom stereocenters. The second-order valence-corrected chi connectivity index (χ2v) is 3.81. The highest BCUT2D eigenvalue weighted by Crippen LogP contribution is 2.37. The predicted molar refractivity (Wildman–Crippen MR) is 58.7 cm³/mol. The number of carbonyl (C=O) groups is 1. The van der Waals surface area contributed by atoms with E-state index < -0.39 is 18.0 Å². The lowest BCUT2D eigenvalue weighted by Crippen LogP contribution is -2.51. The first-order chi connectivity index (χ1) is 8.61. The predicted octanol–water partition coefficient (Wildman–Crippen LogP) is 2.31. The number of alkyl halides is 5. The van der Waals surface area contributed by atoms with E-state index in [1.54, 1.807) is 0 Å². The van der Waals surface area contributed by atoms with Crippen molar-refractivity contribution >= 4 is 11.6 Å². The molecule has 0 aliphatic rings. The summed E-state index contributed by atoms with van der Waals surface area (Å²) in [5.74, 6) is -7.76. The quantitative estimate of drug-likeness (QED) is 0.865. The maximum Gasteiger partial charge on any atom is 0.463 e. The maximum absolute atomic E-state index is 12.9. The number of benzene rings is 1. The number of hydrogen-bond donors (Lipinski definition) is 1. The summed E-state index contributed by atoms with van der Waals surface area (Å²) in [5, 5.41) is 0. The van der Waals surface area contributed by atoms with Crippen molar-refractivity contribution in [1.82, 2.24) is 0 Å². The van der Waals surface area contributed by atoms with Gasteiger partial charge in [0.05, 0.1) is 0 Å². The van der Waals surface area contributed by atoms with Crippen LogP contribution in [0.4, 0.5) is 27.6 Å². The summed E-state index contributed by atoms with van der Waals surface area (Å²) in [7, 11) is 0.847. The summed E-state index contributed by atoms with van der Waals surface area (Å²) in [6.07, 6.45) is -5.92. The number of nitrogens with two attached hydrogens (primary N) is 1. The van der Waals surface area contributed by atoms with Crippen molar-refractivity contribution in [3.63, 3.8) is 0 Å². The molecule has 0 spiro atoms. The minimum atomic E-state index is -5.92. The van der Waals surface area contributed by atoms with Gasteiger partial charge in [0.1, 0.15) is 0 Å². The van der Waals surface area contributed by atoms with Gasteiger partial charge in [-0.1, -0.05) is 12.1 Å². The zero-order valence-corrected chi connectivity index (χ0v) is 9.84. The molecule has 0 radical (unpaired) electrons. The molecule has 0 fully saturated rings. The first-order valence-electron chi connectivity index (χ1n) is 5.13. The molecule has 106 valence electrons. The molecule has 1 aromatic carbocycles. The molecule has 0 saturated carbocycles. The summed E-state index contributed by atoms with van der Waals surface area (Å²) in [6.45, 7) is 0.191. The Morgan fingerprint density at radius 2 is 1.63 bits per heavy atom. The number of anilines is 1. The third kappa shape index (κ3) is 3.01. The Morgan fingerprint density at radius 3 is 2.00 bits per heavy atom. The number of carbonyl (C=O) groups excluding carboxylic acids is 1. The molecular weight excluding hydrogens is 271 g/mol. The molecule has 3 nitrogen and oxygen atoms in total. The third-order valence-electron chi connectivity index (χ3n) is 2.49. The Bertz CT molecular complexity index is 455. The van der Waals surface area contributed by atoms with Crippen LogP contribution in [0, 0.1) is 0 Å². The van der Waals surface area contributed by atoms with Crippen molar-refractivity contribution in [2.75, 3.05) is 11.9 Å². The SMILES string of the molecule is CN(C(=O)C(F)(F)C(F)(F)F)c1ccc(CN)cc1. The summed E-state index contributed by atoms with van der Waals surface area (Å²) >= 11 is 0. The molecule has 0 unspecified atom stereocenters. The van der Waals surface area contributed by atoms with Crippen LogP contribution in [0.1, 0.15) is 5.56 Å². The molecular formula is C11H11F5N2O. The van der Waals surface area contributed by atoms with E-state index in [1.165, 1.54) is 24.3 Å². The summed E-state index contributed by atoms with van der Waals surface area (Å²) in [6, 6.07) is 5.36. The molecule has 0 aliphatic heterocycles. The first kappa shape index (κ1) is 15.4. The zero-order valence-electron chi connectivity index (χ0n) is 9.84. The van der Waals surface area contributed by atoms with Gasteiger partial charge in [-0.2, -0.15) is 22.0 Å². The van der Waals surface area contributed by atoms with Gasteiger partial charge in [0.15, 0.2) is 0 Å². The average molecular weight is 282 g/mol. The van der Waals surface area contributed by atoms with Gasteiger partial charge in [-0.25, -0.2) is 0 Å². The number of nitrogens with zero attached hydrogens (tertiary/aromatic N) is 1. The standard InChI is InChI=1S/C11H11F5N2O/c1-18(8-4-2-7(6-17)3-5-8)9(19)10(12,13)11(14,15)16/h2-5H,6,17H2,1H3. The third-order valence-corrected chi connectivity index (χ3v) is 2.49. The fraction of sp³-hybridized carbons (Fsp3) is 0.364. The number of amides is 1. The minimum Gasteiger partial charge on any atom is -0.326 e. The van der Waals surface area contributed by atoms with Crippen LogP contribution >= 0.6 is 0 Å². The fourth-order valence-electron chi connectivity index (χ4n) is 1.30. The summed E-state index contributed by atoms with van der Waals surface area (Å²) < 4.78 is 61.9. The zero-order chi connectivity index (χ0) is 14.8. The average Bonchev–Trinajstić information content (AvgIpc) is 2.35. The summed E-state index contributed by atoms with van der Waals surface area (Å²) in [5.41, 5.74) is 5.89. The lowest BCUT2D eigenvalue weighted by Gasteiger charge is -2.25. The van der Waals surface area contributed by atoms with Gasteiger partial charge >= 0.3 is 18.0 Å². The number of hydrogen-bond acceptors (Lipinski definition) is 2. The molecule has 1 amide bonds. The second kappa shape index (κ2) is 5.12. The van der Waals surface area contributed by atoms with Crippen molar-refractivity contribution in [2.24, 2.45) is 5.73 Å². The molecule has 1 rings (SSSR count). The van der Waals surface area contributed by atoms with Crippen LogP contribution in [0.15, 0.2) is 24.3 Å². The Balaban J connectivity index is 2.99. The molecule has 0 heterocycles. The van der Waals surface area contributed by atoms with E-state index in [4.69, 9.17) is 5.73 Å². The van der Waals surface area contributed by atoms with Crippen molar-refractivity contribution in [3.05, 3.63) is 29.8 Å². The number of rotatable bonds is 3. The Labute approximate surface area is 105 Å². The smallest absolute Gasteiger partial charge is 0.326 e. The highest BCUT2D eigenvalue weighted by atomic mass is 19.4. The van der Waals surface area contributed by atoms with Crippen LogP contribution in [-0.4, -0.2) is 25.1 Å². The first-order valence-corrected chi connectivity index (χ1v) is 5.13. The van der Waals surface area contributed by atoms with Crippen LogP contribution in [0.5, 0.6) is 0 Å². The highest BCUT2D eigenvalue weighted by molar-refractivity contribution is 5.98. The van der Waals surface area contributed by atoms with E-state index in [0.29, 0.717) is 5.56 Å². The topological polar surface area (TPSA) is 46.3 Å².